The molecule has 0 saturated heterocycles. The molecule has 0 atom stereocenters. The van der Waals surface area contributed by atoms with Crippen molar-refractivity contribution in [2.24, 2.45) is 11.8 Å². The second-order valence-corrected chi connectivity index (χ2v) is 12.4. The third-order valence-electron chi connectivity index (χ3n) is 8.62. The van der Waals surface area contributed by atoms with E-state index in [-0.39, 0.29) is 11.6 Å². The van der Waals surface area contributed by atoms with E-state index in [1.807, 2.05) is 25.1 Å². The van der Waals surface area contributed by atoms with Crippen molar-refractivity contribution in [1.82, 2.24) is 10.2 Å². The van der Waals surface area contributed by atoms with Gasteiger partial charge in [0.2, 0.25) is 0 Å². The van der Waals surface area contributed by atoms with Crippen molar-refractivity contribution in [1.29, 1.82) is 0 Å². The van der Waals surface area contributed by atoms with Crippen LogP contribution in [0.3, 0.4) is 0 Å². The molecular weight excluding hydrogens is 532 g/mol. The summed E-state index contributed by atoms with van der Waals surface area (Å²) < 4.78 is 0. The minimum atomic E-state index is -0.431. The molecule has 2 saturated carbocycles. The zero-order valence-corrected chi connectivity index (χ0v) is 26.6. The van der Waals surface area contributed by atoms with E-state index in [9.17, 15) is 9.59 Å². The van der Waals surface area contributed by atoms with Gasteiger partial charge in [-0.15, -0.1) is 0 Å². The molecule has 234 valence electrons. The molecule has 0 bridgehead atoms. The summed E-state index contributed by atoms with van der Waals surface area (Å²) in [6.07, 6.45) is 21.3. The second-order valence-electron chi connectivity index (χ2n) is 12.4. The first-order valence-electron chi connectivity index (χ1n) is 16.5. The average molecular weight is 587 g/mol. The molecule has 2 aliphatic rings. The zero-order chi connectivity index (χ0) is 30.7. The molecule has 0 amide bonds. The zero-order valence-electron chi connectivity index (χ0n) is 26.6. The number of nitrogens with one attached hydrogen (secondary N) is 1. The lowest BCUT2D eigenvalue weighted by atomic mass is 9.89. The smallest absolute Gasteiger partial charge is 0.181 e. The van der Waals surface area contributed by atoms with Gasteiger partial charge in [-0.2, -0.15) is 0 Å². The number of aliphatic hydroxyl groups excluding tert-OH is 1. The minimum Gasteiger partial charge on any atom is -0.388 e. The third-order valence-corrected chi connectivity index (χ3v) is 8.62. The van der Waals surface area contributed by atoms with E-state index >= 15 is 0 Å². The third kappa shape index (κ3) is 14.4. The SMILES string of the molecule is CCC(=O)/C=C/c1ccc(CN(C)CC2CCCCC2)cc1.O=C(/C=C/c1ccc(CNCC2CCCCC2)cc1)CO. The van der Waals surface area contributed by atoms with Gasteiger partial charge in [-0.25, -0.2) is 0 Å². The number of carbonyl (C=O) groups excluding carboxylic acids is 2. The number of nitrogens with zero attached hydrogens (tertiary/aromatic N) is 1. The van der Waals surface area contributed by atoms with E-state index in [2.05, 4.69) is 53.7 Å². The summed E-state index contributed by atoms with van der Waals surface area (Å²) in [5, 5.41) is 12.2. The highest BCUT2D eigenvalue weighted by Gasteiger charge is 2.15. The summed E-state index contributed by atoms with van der Waals surface area (Å²) in [4.78, 5) is 24.7. The van der Waals surface area contributed by atoms with E-state index in [1.54, 1.807) is 12.2 Å². The summed E-state index contributed by atoms with van der Waals surface area (Å²) >= 11 is 0. The summed E-state index contributed by atoms with van der Waals surface area (Å²) in [7, 11) is 2.22. The maximum Gasteiger partial charge on any atom is 0.181 e. The Hall–Kier alpha value is -2.86. The van der Waals surface area contributed by atoms with Crippen LogP contribution in [-0.2, 0) is 22.7 Å². The van der Waals surface area contributed by atoms with Crippen molar-refractivity contribution in [3.8, 4) is 0 Å². The van der Waals surface area contributed by atoms with Crippen molar-refractivity contribution < 1.29 is 14.7 Å². The summed E-state index contributed by atoms with van der Waals surface area (Å²) in [5.41, 5.74) is 4.68. The van der Waals surface area contributed by atoms with Gasteiger partial charge in [-0.05, 0) is 85.5 Å². The molecule has 5 heteroatoms. The minimum absolute atomic E-state index is 0.177. The number of carbonyl (C=O) groups is 2. The van der Waals surface area contributed by atoms with Crippen LogP contribution < -0.4 is 5.32 Å². The Balaban J connectivity index is 0.000000236. The van der Waals surface area contributed by atoms with Crippen LogP contribution in [0.4, 0.5) is 0 Å². The van der Waals surface area contributed by atoms with E-state index < -0.39 is 6.61 Å². The molecule has 2 aliphatic carbocycles. The van der Waals surface area contributed by atoms with Crippen LogP contribution in [0.1, 0.15) is 99.8 Å². The lowest BCUT2D eigenvalue weighted by Gasteiger charge is -2.27. The molecule has 0 aliphatic heterocycles. The maximum absolute atomic E-state index is 11.3. The first-order chi connectivity index (χ1) is 20.9. The number of benzene rings is 2. The van der Waals surface area contributed by atoms with Gasteiger partial charge < -0.3 is 15.3 Å². The normalized spacial score (nSPS) is 16.5. The molecule has 0 heterocycles. The Kier molecular flexibility index (Phi) is 16.2. The van der Waals surface area contributed by atoms with Crippen LogP contribution in [-0.4, -0.2) is 48.3 Å². The van der Waals surface area contributed by atoms with Crippen molar-refractivity contribution in [3.05, 3.63) is 82.9 Å². The molecule has 4 rings (SSSR count). The molecule has 2 fully saturated rings. The molecule has 0 spiro atoms. The van der Waals surface area contributed by atoms with Gasteiger partial charge in [0.25, 0.3) is 0 Å². The Labute approximate surface area is 260 Å². The number of rotatable bonds is 14. The van der Waals surface area contributed by atoms with Gasteiger partial charge in [0, 0.05) is 26.1 Å². The Bertz CT molecular complexity index is 1120. The molecule has 0 aromatic heterocycles. The fraction of sp³-hybridized carbons (Fsp3) is 0.526. The highest BCUT2D eigenvalue weighted by atomic mass is 16.3. The van der Waals surface area contributed by atoms with Gasteiger partial charge in [-0.3, -0.25) is 9.59 Å². The van der Waals surface area contributed by atoms with Gasteiger partial charge >= 0.3 is 0 Å². The molecular formula is C38H54N2O3. The number of aliphatic hydroxyl groups is 1. The monoisotopic (exact) mass is 586 g/mol. The van der Waals surface area contributed by atoms with Gasteiger partial charge in [0.05, 0.1) is 0 Å². The van der Waals surface area contributed by atoms with Gasteiger partial charge in [0.1, 0.15) is 6.61 Å². The highest BCUT2D eigenvalue weighted by molar-refractivity contribution is 5.94. The van der Waals surface area contributed by atoms with Crippen LogP contribution >= 0.6 is 0 Å². The highest BCUT2D eigenvalue weighted by Crippen LogP contribution is 2.25. The number of allylic oxidation sites excluding steroid dienone is 1. The summed E-state index contributed by atoms with van der Waals surface area (Å²) in [6.45, 7) is 5.70. The van der Waals surface area contributed by atoms with E-state index in [0.717, 1.165) is 42.6 Å². The second kappa shape index (κ2) is 20.2. The first-order valence-corrected chi connectivity index (χ1v) is 16.5. The van der Waals surface area contributed by atoms with E-state index in [1.165, 1.54) is 88.0 Å². The van der Waals surface area contributed by atoms with Crippen LogP contribution in [0.5, 0.6) is 0 Å². The fourth-order valence-corrected chi connectivity index (χ4v) is 6.03. The van der Waals surface area contributed by atoms with Crippen molar-refractivity contribution in [2.45, 2.75) is 90.6 Å². The molecule has 5 nitrogen and oxygen atoms in total. The summed E-state index contributed by atoms with van der Waals surface area (Å²) in [6, 6.07) is 16.7. The van der Waals surface area contributed by atoms with Crippen LogP contribution in [0, 0.1) is 11.8 Å². The predicted octanol–water partition coefficient (Wildman–Crippen LogP) is 7.62. The fourth-order valence-electron chi connectivity index (χ4n) is 6.03. The Morgan fingerprint density at radius 2 is 1.28 bits per heavy atom. The summed E-state index contributed by atoms with van der Waals surface area (Å²) in [5.74, 6) is 1.65. The predicted molar refractivity (Wildman–Crippen MR) is 180 cm³/mol. The average Bonchev–Trinajstić information content (AvgIpc) is 3.05. The molecule has 2 aromatic carbocycles. The van der Waals surface area contributed by atoms with Crippen molar-refractivity contribution >= 4 is 23.7 Å². The standard InChI is InChI=1S/C20H29NO.C18H25NO2/c1-3-20(22)14-13-17-9-11-19(12-10-17)16-21(2)15-18-7-5-4-6-8-18;20-14-18(21)11-10-15-6-8-17(9-7-15)13-19-12-16-4-2-1-3-5-16/h9-14,18H,3-8,15-16H2,1-2H3;6-11,16,19-20H,1-5,12-14H2/b14-13+;11-10+. The van der Waals surface area contributed by atoms with Crippen molar-refractivity contribution in [2.75, 3.05) is 26.7 Å². The lowest BCUT2D eigenvalue weighted by Crippen LogP contribution is -2.26. The number of ketones is 2. The van der Waals surface area contributed by atoms with Crippen LogP contribution in [0.2, 0.25) is 0 Å². The van der Waals surface area contributed by atoms with E-state index in [0.29, 0.717) is 6.42 Å². The van der Waals surface area contributed by atoms with Gasteiger partial charge in [-0.1, -0.05) is 106 Å². The quantitative estimate of drug-likeness (QED) is 0.223. The van der Waals surface area contributed by atoms with Crippen LogP contribution in [0.25, 0.3) is 12.2 Å². The first kappa shape index (κ1) is 34.6. The maximum atomic E-state index is 11.3. The number of hydrogen-bond donors (Lipinski definition) is 2. The topological polar surface area (TPSA) is 69.6 Å². The molecule has 43 heavy (non-hydrogen) atoms. The Morgan fingerprint density at radius 1 is 0.767 bits per heavy atom. The lowest BCUT2D eigenvalue weighted by molar-refractivity contribution is -0.117. The van der Waals surface area contributed by atoms with Crippen molar-refractivity contribution in [3.63, 3.8) is 0 Å². The number of hydrogen-bond acceptors (Lipinski definition) is 5. The molecule has 0 radical (unpaired) electrons. The molecule has 0 unspecified atom stereocenters. The largest absolute Gasteiger partial charge is 0.388 e. The van der Waals surface area contributed by atoms with Gasteiger partial charge in [0.15, 0.2) is 11.6 Å². The van der Waals surface area contributed by atoms with Crippen LogP contribution in [0.15, 0.2) is 60.7 Å². The molecule has 2 N–H and O–H groups in total. The molecule has 2 aromatic rings. The van der Waals surface area contributed by atoms with E-state index in [4.69, 9.17) is 5.11 Å². The Morgan fingerprint density at radius 3 is 1.81 bits per heavy atom.